The normalized spacial score (nSPS) is 44.3. The first-order chi connectivity index (χ1) is 15.9. The van der Waals surface area contributed by atoms with Gasteiger partial charge in [0.2, 0.25) is 0 Å². The van der Waals surface area contributed by atoms with Gasteiger partial charge in [0.25, 0.3) is 0 Å². The number of hydrogen-bond donors (Lipinski definition) is 4. The number of rotatable bonds is 2. The highest BCUT2D eigenvalue weighted by molar-refractivity contribution is 6.01. The van der Waals surface area contributed by atoms with Crippen LogP contribution in [-0.4, -0.2) is 63.0 Å². The summed E-state index contributed by atoms with van der Waals surface area (Å²) in [7, 11) is 0. The molecule has 0 bridgehead atoms. The van der Waals surface area contributed by atoms with E-state index in [2.05, 4.69) is 0 Å². The third-order valence-electron chi connectivity index (χ3n) is 9.08. The molecule has 11 heteroatoms. The first-order valence-electron chi connectivity index (χ1n) is 11.5. The number of hydrogen-bond acceptors (Lipinski definition) is 6. The van der Waals surface area contributed by atoms with E-state index in [0.29, 0.717) is 19.3 Å². The van der Waals surface area contributed by atoms with Crippen molar-refractivity contribution in [1.82, 2.24) is 0 Å². The summed E-state index contributed by atoms with van der Waals surface area (Å²) in [5, 5.41) is 29.7. The van der Waals surface area contributed by atoms with Gasteiger partial charge in [-0.15, -0.1) is 0 Å². The number of fused-ring (bicyclic) bond motifs is 5. The topological polar surface area (TPSA) is 138 Å². The van der Waals surface area contributed by atoms with Crippen molar-refractivity contribution in [3.05, 3.63) is 23.8 Å². The molecule has 0 aromatic rings. The zero-order chi connectivity index (χ0) is 26.8. The van der Waals surface area contributed by atoms with Crippen LogP contribution in [0, 0.1) is 28.6 Å². The van der Waals surface area contributed by atoms with E-state index in [1.165, 1.54) is 12.2 Å². The molecule has 3 fully saturated rings. The number of carbonyl (C=O) groups excluding carboxylic acids is 2. The summed E-state index contributed by atoms with van der Waals surface area (Å²) < 4.78 is 48.6. The lowest BCUT2D eigenvalue weighted by Gasteiger charge is -2.62. The second-order valence-electron chi connectivity index (χ2n) is 10.6. The average molecular weight is 506 g/mol. The highest BCUT2D eigenvalue weighted by Gasteiger charge is 2.75. The minimum absolute atomic E-state index is 0.0120. The smallest absolute Gasteiger partial charge is 0.475 e. The summed E-state index contributed by atoms with van der Waals surface area (Å²) in [6, 6.07) is 0. The van der Waals surface area contributed by atoms with Crippen molar-refractivity contribution < 1.29 is 47.3 Å². The fraction of sp³-hybridized carbons (Fsp3) is 0.708. The summed E-state index contributed by atoms with van der Waals surface area (Å²) in [6.07, 6.45) is -0.383. The first-order valence-corrected chi connectivity index (χ1v) is 11.5. The summed E-state index contributed by atoms with van der Waals surface area (Å²) in [5.74, 6) is -4.46. The van der Waals surface area contributed by atoms with E-state index in [1.807, 2.05) is 13.8 Å². The number of Topliss-reactive ketones (excluding diaryl/α,β-unsaturated/α-hetero) is 1. The van der Waals surface area contributed by atoms with Crippen LogP contribution < -0.4 is 5.73 Å². The van der Waals surface area contributed by atoms with Crippen LogP contribution in [0.1, 0.15) is 46.5 Å². The second-order valence-corrected chi connectivity index (χ2v) is 10.6. The molecule has 4 aliphatic carbocycles. The number of nitrogens with two attached hydrogens (primary N) is 1. The van der Waals surface area contributed by atoms with Gasteiger partial charge >= 0.3 is 12.1 Å². The monoisotopic (exact) mass is 505 g/mol. The molecule has 4 rings (SSSR count). The van der Waals surface area contributed by atoms with Crippen molar-refractivity contribution >= 4 is 17.5 Å². The van der Waals surface area contributed by atoms with Gasteiger partial charge in [-0.2, -0.15) is 13.2 Å². The van der Waals surface area contributed by atoms with E-state index in [4.69, 9.17) is 15.6 Å². The highest BCUT2D eigenvalue weighted by Crippen LogP contribution is 2.70. The van der Waals surface area contributed by atoms with Crippen LogP contribution in [0.2, 0.25) is 0 Å². The third-order valence-corrected chi connectivity index (χ3v) is 9.08. The van der Waals surface area contributed by atoms with Gasteiger partial charge in [-0.05, 0) is 56.6 Å². The van der Waals surface area contributed by atoms with Crippen LogP contribution in [0.5, 0.6) is 0 Å². The molecule has 196 valence electrons. The molecule has 0 aliphatic heterocycles. The van der Waals surface area contributed by atoms with Gasteiger partial charge < -0.3 is 21.1 Å². The molecule has 0 spiro atoms. The predicted octanol–water partition coefficient (Wildman–Crippen LogP) is 2.50. The molecule has 8 atom stereocenters. The maximum Gasteiger partial charge on any atom is 0.490 e. The quantitative estimate of drug-likeness (QED) is 0.423. The number of carboxylic acid groups (broad SMARTS) is 1. The lowest BCUT2D eigenvalue weighted by molar-refractivity contribution is -0.218. The number of carbonyl (C=O) groups is 3. The van der Waals surface area contributed by atoms with Crippen molar-refractivity contribution in [3.63, 3.8) is 0 Å². The molecule has 0 radical (unpaired) electrons. The molecular weight excluding hydrogens is 474 g/mol. The molecule has 0 saturated heterocycles. The Kier molecular flexibility index (Phi) is 6.66. The van der Waals surface area contributed by atoms with Crippen LogP contribution in [0.15, 0.2) is 23.8 Å². The number of aliphatic hydroxyl groups excluding tert-OH is 1. The Hall–Kier alpha value is -2.11. The zero-order valence-corrected chi connectivity index (χ0v) is 19.7. The molecule has 0 aromatic carbocycles. The molecule has 35 heavy (non-hydrogen) atoms. The van der Waals surface area contributed by atoms with Gasteiger partial charge in [0.1, 0.15) is 5.60 Å². The van der Waals surface area contributed by atoms with E-state index < -0.39 is 52.1 Å². The Bertz CT molecular complexity index is 995. The number of aliphatic carboxylic acids is 1. The number of aliphatic hydroxyl groups is 2. The van der Waals surface area contributed by atoms with E-state index in [0.717, 1.165) is 5.57 Å². The van der Waals surface area contributed by atoms with Crippen molar-refractivity contribution in [1.29, 1.82) is 0 Å². The van der Waals surface area contributed by atoms with Gasteiger partial charge in [-0.1, -0.05) is 25.5 Å². The summed E-state index contributed by atoms with van der Waals surface area (Å²) in [6.45, 7) is 5.11. The van der Waals surface area contributed by atoms with Gasteiger partial charge in [-0.25, -0.2) is 9.18 Å². The maximum atomic E-state index is 16.9. The Morgan fingerprint density at radius 3 is 2.31 bits per heavy atom. The maximum absolute atomic E-state index is 16.9. The molecule has 4 aliphatic rings. The second kappa shape index (κ2) is 8.48. The van der Waals surface area contributed by atoms with Gasteiger partial charge in [0, 0.05) is 16.7 Å². The average Bonchev–Trinajstić information content (AvgIpc) is 2.96. The first kappa shape index (κ1) is 27.5. The Morgan fingerprint density at radius 1 is 1.23 bits per heavy atom. The third kappa shape index (κ3) is 3.69. The Labute approximate surface area is 200 Å². The highest BCUT2D eigenvalue weighted by atomic mass is 19.4. The van der Waals surface area contributed by atoms with Crippen molar-refractivity contribution in [2.24, 2.45) is 34.3 Å². The van der Waals surface area contributed by atoms with Crippen LogP contribution in [-0.2, 0) is 14.4 Å². The van der Waals surface area contributed by atoms with Gasteiger partial charge in [-0.3, -0.25) is 9.59 Å². The Morgan fingerprint density at radius 2 is 1.80 bits per heavy atom. The minimum atomic E-state index is -5.08. The van der Waals surface area contributed by atoms with Crippen molar-refractivity contribution in [3.8, 4) is 0 Å². The summed E-state index contributed by atoms with van der Waals surface area (Å²) in [4.78, 5) is 33.4. The lowest BCUT2D eigenvalue weighted by atomic mass is 9.44. The lowest BCUT2D eigenvalue weighted by Crippen LogP contribution is -2.69. The van der Waals surface area contributed by atoms with Gasteiger partial charge in [0.15, 0.2) is 17.2 Å². The molecule has 3 saturated carbocycles. The fourth-order valence-electron chi connectivity index (χ4n) is 7.30. The number of alkyl halides is 4. The molecule has 0 aromatic heterocycles. The molecule has 0 unspecified atom stereocenters. The van der Waals surface area contributed by atoms with Crippen LogP contribution >= 0.6 is 0 Å². The summed E-state index contributed by atoms with van der Waals surface area (Å²) in [5.41, 5.74) is 0.711. The molecular formula is C24H31F4NO6. The van der Waals surface area contributed by atoms with E-state index in [1.54, 1.807) is 13.0 Å². The molecule has 7 nitrogen and oxygen atoms in total. The standard InChI is InChI=1S/C22H30FNO4.C2HF3O2/c1-12-8-16-15-5-4-13-9-14(25)6-7-19(13,2)21(15,23)17(26)10-20(16,3)22(12,28)18(27)11-24;3-2(4,5)1(6)7/h6-7,9,12,15-17,26,28H,4-5,8,10-11,24H2,1-3H3;(H,6,7)/t12-,15+,16+,17+,19+,20+,21+,22+;/m1./s1. The molecule has 5 N–H and O–H groups in total. The number of halogens is 4. The minimum Gasteiger partial charge on any atom is -0.475 e. The molecule has 0 heterocycles. The van der Waals surface area contributed by atoms with E-state index >= 15 is 4.39 Å². The fourth-order valence-corrected chi connectivity index (χ4v) is 7.30. The number of ketones is 2. The Balaban J connectivity index is 0.000000429. The SMILES string of the molecule is C[C@@H]1C[C@H]2[C@@H]3CCC4=CC(=O)C=C[C@]4(C)[C@@]3(F)[C@@H](O)C[C@]2(C)[C@@]1(O)C(=O)CN.O=C(O)C(F)(F)F. The van der Waals surface area contributed by atoms with Crippen LogP contribution in [0.25, 0.3) is 0 Å². The van der Waals surface area contributed by atoms with E-state index in [9.17, 15) is 33.0 Å². The van der Waals surface area contributed by atoms with Crippen LogP contribution in [0.4, 0.5) is 17.6 Å². The van der Waals surface area contributed by atoms with Crippen molar-refractivity contribution in [2.75, 3.05) is 6.54 Å². The number of allylic oxidation sites excluding steroid dienone is 4. The summed E-state index contributed by atoms with van der Waals surface area (Å²) >= 11 is 0. The predicted molar refractivity (Wildman–Crippen MR) is 116 cm³/mol. The molecule has 0 amide bonds. The van der Waals surface area contributed by atoms with Crippen molar-refractivity contribution in [2.45, 2.75) is 70.0 Å². The van der Waals surface area contributed by atoms with Crippen LogP contribution in [0.3, 0.4) is 0 Å². The zero-order valence-electron chi connectivity index (χ0n) is 19.7. The van der Waals surface area contributed by atoms with E-state index in [-0.39, 0.29) is 30.6 Å². The van der Waals surface area contributed by atoms with Gasteiger partial charge in [0.05, 0.1) is 12.6 Å². The largest absolute Gasteiger partial charge is 0.490 e. The number of carboxylic acids is 1.